The molecule has 4 nitrogen and oxygen atoms in total. The van der Waals surface area contributed by atoms with Gasteiger partial charge in [-0.1, -0.05) is 58.7 Å². The van der Waals surface area contributed by atoms with Crippen LogP contribution in [-0.4, -0.2) is 19.1 Å². The molecule has 0 aliphatic heterocycles. The van der Waals surface area contributed by atoms with E-state index in [9.17, 15) is 0 Å². The maximum absolute atomic E-state index is 4.96. The van der Waals surface area contributed by atoms with E-state index in [0.717, 1.165) is 33.2 Å². The average Bonchev–Trinajstić information content (AvgIpc) is 3.59. The van der Waals surface area contributed by atoms with Gasteiger partial charge in [-0.3, -0.25) is 9.97 Å². The Morgan fingerprint density at radius 3 is 1.00 bits per heavy atom. The Bertz CT molecular complexity index is 2650. The van der Waals surface area contributed by atoms with Crippen LogP contribution < -0.4 is 0 Å². The Balaban J connectivity index is 1.25. The van der Waals surface area contributed by atoms with Crippen molar-refractivity contribution in [2.45, 2.75) is 27.7 Å². The van der Waals surface area contributed by atoms with Gasteiger partial charge in [0, 0.05) is 56.1 Å². The van der Waals surface area contributed by atoms with Crippen LogP contribution in [0.4, 0.5) is 0 Å². The molecular formula is C44H32N4. The van der Waals surface area contributed by atoms with Gasteiger partial charge in [-0.25, -0.2) is 0 Å². The van der Waals surface area contributed by atoms with Crippen molar-refractivity contribution in [3.8, 4) is 11.4 Å². The lowest BCUT2D eigenvalue weighted by Crippen LogP contribution is -1.97. The predicted molar refractivity (Wildman–Crippen MR) is 202 cm³/mol. The third kappa shape index (κ3) is 3.77. The highest BCUT2D eigenvalue weighted by atomic mass is 15.0. The maximum Gasteiger partial charge on any atom is 0.0972 e. The van der Waals surface area contributed by atoms with Crippen LogP contribution in [0.1, 0.15) is 22.3 Å². The largest absolute Gasteiger partial charge is 0.309 e. The van der Waals surface area contributed by atoms with Crippen LogP contribution >= 0.6 is 0 Å². The summed E-state index contributed by atoms with van der Waals surface area (Å²) in [6, 6.07) is 40.7. The second-order valence-electron chi connectivity index (χ2n) is 13.5. The fourth-order valence-electron chi connectivity index (χ4n) is 7.99. The Morgan fingerprint density at radius 1 is 0.333 bits per heavy atom. The van der Waals surface area contributed by atoms with Crippen LogP contribution in [0.15, 0.2) is 122 Å². The lowest BCUT2D eigenvalue weighted by atomic mass is 9.98. The molecule has 0 aliphatic carbocycles. The van der Waals surface area contributed by atoms with E-state index >= 15 is 0 Å². The smallest absolute Gasteiger partial charge is 0.0972 e. The summed E-state index contributed by atoms with van der Waals surface area (Å²) in [6.07, 6.45) is 3.63. The zero-order chi connectivity index (χ0) is 32.3. The highest BCUT2D eigenvalue weighted by Crippen LogP contribution is 2.40. The van der Waals surface area contributed by atoms with Crippen molar-refractivity contribution < 1.29 is 0 Å². The third-order valence-electron chi connectivity index (χ3n) is 10.2. The standard InChI is InChI=1S/C44H32N4/c1-25-5-13-39-33(19-25)34-20-26(2)6-14-40(34)47(39)29-9-11-31-32-12-10-30(24-38(32)44-43(37(31)23-29)45-17-18-46-44)48-41-15-7-27(3)21-35(41)36-22-28(4)8-16-42(36)48/h5-24H,1-4H3. The van der Waals surface area contributed by atoms with Gasteiger partial charge in [0.25, 0.3) is 0 Å². The van der Waals surface area contributed by atoms with E-state index in [1.807, 2.05) is 12.4 Å². The number of hydrogen-bond donors (Lipinski definition) is 0. The summed E-state index contributed by atoms with van der Waals surface area (Å²) in [6.45, 7) is 8.66. The van der Waals surface area contributed by atoms with Gasteiger partial charge in [0.05, 0.1) is 33.1 Å². The number of fused-ring (bicyclic) bond motifs is 12. The lowest BCUT2D eigenvalue weighted by Gasteiger charge is -2.15. The first-order chi connectivity index (χ1) is 23.4. The molecule has 10 aromatic rings. The highest BCUT2D eigenvalue weighted by Gasteiger charge is 2.18. The summed E-state index contributed by atoms with van der Waals surface area (Å²) < 4.78 is 4.79. The summed E-state index contributed by atoms with van der Waals surface area (Å²) in [7, 11) is 0. The second-order valence-corrected chi connectivity index (χ2v) is 13.5. The zero-order valence-electron chi connectivity index (χ0n) is 27.3. The van der Waals surface area contributed by atoms with Gasteiger partial charge in [0.15, 0.2) is 0 Å². The van der Waals surface area contributed by atoms with Gasteiger partial charge in [-0.15, -0.1) is 0 Å². The van der Waals surface area contributed by atoms with Crippen molar-refractivity contribution in [2.75, 3.05) is 0 Å². The normalized spacial score (nSPS) is 12.2. The van der Waals surface area contributed by atoms with Crippen molar-refractivity contribution in [3.63, 3.8) is 0 Å². The van der Waals surface area contributed by atoms with Gasteiger partial charge in [-0.05, 0) is 111 Å². The third-order valence-corrected chi connectivity index (χ3v) is 10.2. The quantitative estimate of drug-likeness (QED) is 0.181. The fourth-order valence-corrected chi connectivity index (χ4v) is 7.99. The maximum atomic E-state index is 4.96. The van der Waals surface area contributed by atoms with E-state index in [1.54, 1.807) is 0 Å². The lowest BCUT2D eigenvalue weighted by molar-refractivity contribution is 1.18. The Kier molecular flexibility index (Phi) is 5.52. The molecule has 0 fully saturated rings. The Labute approximate surface area is 277 Å². The predicted octanol–water partition coefficient (Wildman–Crippen LogP) is 11.4. The Hall–Kier alpha value is -6.00. The van der Waals surface area contributed by atoms with E-state index in [1.165, 1.54) is 76.6 Å². The Morgan fingerprint density at radius 2 is 0.667 bits per heavy atom. The molecule has 0 saturated carbocycles. The first-order valence-corrected chi connectivity index (χ1v) is 16.6. The first kappa shape index (κ1) is 27.1. The minimum absolute atomic E-state index is 0.917. The molecule has 7 aromatic carbocycles. The fraction of sp³-hybridized carbons (Fsp3) is 0.0909. The molecule has 0 aliphatic rings. The van der Waals surface area contributed by atoms with Gasteiger partial charge < -0.3 is 9.13 Å². The minimum Gasteiger partial charge on any atom is -0.309 e. The number of rotatable bonds is 2. The number of nitrogens with zero attached hydrogens (tertiary/aromatic N) is 4. The van der Waals surface area contributed by atoms with E-state index in [0.29, 0.717) is 0 Å². The molecule has 48 heavy (non-hydrogen) atoms. The van der Waals surface area contributed by atoms with Gasteiger partial charge >= 0.3 is 0 Å². The summed E-state index contributed by atoms with van der Waals surface area (Å²) in [5, 5.41) is 9.67. The van der Waals surface area contributed by atoms with Gasteiger partial charge in [-0.2, -0.15) is 0 Å². The molecule has 0 atom stereocenters. The molecule has 3 aromatic heterocycles. The van der Waals surface area contributed by atoms with Crippen molar-refractivity contribution in [1.29, 1.82) is 0 Å². The summed E-state index contributed by atoms with van der Waals surface area (Å²) in [4.78, 5) is 9.93. The molecule has 228 valence electrons. The number of aromatic nitrogens is 4. The molecular weight excluding hydrogens is 585 g/mol. The summed E-state index contributed by atoms with van der Waals surface area (Å²) >= 11 is 0. The zero-order valence-corrected chi connectivity index (χ0v) is 27.3. The van der Waals surface area contributed by atoms with E-state index in [2.05, 4.69) is 146 Å². The van der Waals surface area contributed by atoms with Gasteiger partial charge in [0.2, 0.25) is 0 Å². The van der Waals surface area contributed by atoms with Gasteiger partial charge in [0.1, 0.15) is 0 Å². The molecule has 0 N–H and O–H groups in total. The van der Waals surface area contributed by atoms with Crippen molar-refractivity contribution in [3.05, 3.63) is 144 Å². The molecule has 4 heteroatoms. The average molecular weight is 617 g/mol. The monoisotopic (exact) mass is 616 g/mol. The molecule has 3 heterocycles. The van der Waals surface area contributed by atoms with Crippen LogP contribution in [0.3, 0.4) is 0 Å². The van der Waals surface area contributed by atoms with E-state index in [-0.39, 0.29) is 0 Å². The van der Waals surface area contributed by atoms with Crippen molar-refractivity contribution in [2.24, 2.45) is 0 Å². The van der Waals surface area contributed by atoms with Crippen molar-refractivity contribution in [1.82, 2.24) is 19.1 Å². The van der Waals surface area contributed by atoms with Crippen LogP contribution in [0, 0.1) is 27.7 Å². The minimum atomic E-state index is 0.917. The second kappa shape index (κ2) is 9.76. The number of aryl methyl sites for hydroxylation is 4. The van der Waals surface area contributed by atoms with Crippen LogP contribution in [-0.2, 0) is 0 Å². The van der Waals surface area contributed by atoms with Crippen molar-refractivity contribution >= 4 is 76.2 Å². The topological polar surface area (TPSA) is 35.6 Å². The van der Waals surface area contributed by atoms with E-state index < -0.39 is 0 Å². The van der Waals surface area contributed by atoms with Crippen LogP contribution in [0.5, 0.6) is 0 Å². The molecule has 0 radical (unpaired) electrons. The van der Waals surface area contributed by atoms with E-state index in [4.69, 9.17) is 9.97 Å². The molecule has 10 rings (SSSR count). The summed E-state index contributed by atoms with van der Waals surface area (Å²) in [5.41, 5.74) is 14.0. The number of benzene rings is 7. The molecule has 0 bridgehead atoms. The first-order valence-electron chi connectivity index (χ1n) is 16.6. The molecule has 0 spiro atoms. The number of hydrogen-bond acceptors (Lipinski definition) is 2. The SMILES string of the molecule is Cc1ccc2c(c1)c1cc(C)ccc1n2-c1ccc2c3ccc(-n4c5ccc(C)cc5c5cc(C)ccc54)cc3c3nccnc3c2c1. The molecule has 0 amide bonds. The molecule has 0 saturated heterocycles. The highest BCUT2D eigenvalue weighted by molar-refractivity contribution is 6.24. The van der Waals surface area contributed by atoms with Crippen LogP contribution in [0.25, 0.3) is 87.6 Å². The van der Waals surface area contributed by atoms with Crippen LogP contribution in [0.2, 0.25) is 0 Å². The molecule has 0 unspecified atom stereocenters. The summed E-state index contributed by atoms with van der Waals surface area (Å²) in [5.74, 6) is 0.